The van der Waals surface area contributed by atoms with Crippen LogP contribution in [0.15, 0.2) is 22.5 Å². The van der Waals surface area contributed by atoms with E-state index in [9.17, 15) is 29.1 Å². The molecule has 3 atom stereocenters. The predicted molar refractivity (Wildman–Crippen MR) is 96.1 cm³/mol. The highest BCUT2D eigenvalue weighted by atomic mass is 16.5. The summed E-state index contributed by atoms with van der Waals surface area (Å²) in [5, 5.41) is 13.0. The lowest BCUT2D eigenvalue weighted by atomic mass is 9.83. The Hall–Kier alpha value is -3.17. The van der Waals surface area contributed by atoms with Gasteiger partial charge in [-0.1, -0.05) is 0 Å². The maximum absolute atomic E-state index is 13.0. The molecule has 0 aromatic heterocycles. The summed E-state index contributed by atoms with van der Waals surface area (Å²) in [4.78, 5) is 63.1. The standard InChI is InChI=1S/C20H24O10/c1-5-27-17(23)11-9-10(13(15(11)21)19(25)29-7-3)14(20(26)30-8-4)16(22)12(9)18(24)28-6-2/h9,11-12,21H,5-8H2,1-4H3/p-1. The first kappa shape index (κ1) is 23.1. The number of carbonyl (C=O) groups is 5. The zero-order valence-electron chi connectivity index (χ0n) is 17.1. The first-order valence-corrected chi connectivity index (χ1v) is 9.63. The van der Waals surface area contributed by atoms with Crippen LogP contribution in [0.1, 0.15) is 27.7 Å². The fourth-order valence-electron chi connectivity index (χ4n) is 3.69. The molecule has 10 nitrogen and oxygen atoms in total. The number of Topliss-reactive ketones (excluding diaryl/α,β-unsaturated/α-hetero) is 1. The maximum atomic E-state index is 13.0. The van der Waals surface area contributed by atoms with Crippen LogP contribution in [0, 0.1) is 17.8 Å². The van der Waals surface area contributed by atoms with Crippen LogP contribution in [0.3, 0.4) is 0 Å². The SMILES string of the molecule is CCOC(=O)C1=C([O-])C(C(=O)OCC)C2C1=C(C(=O)OCC)C(=O)C2C(=O)OCC. The van der Waals surface area contributed by atoms with Gasteiger partial charge in [0.25, 0.3) is 0 Å². The largest absolute Gasteiger partial charge is 0.874 e. The third kappa shape index (κ3) is 3.81. The fourth-order valence-corrected chi connectivity index (χ4v) is 3.69. The second-order valence-electron chi connectivity index (χ2n) is 6.32. The second kappa shape index (κ2) is 9.55. The summed E-state index contributed by atoms with van der Waals surface area (Å²) < 4.78 is 19.7. The second-order valence-corrected chi connectivity index (χ2v) is 6.32. The Labute approximate surface area is 172 Å². The number of esters is 4. The van der Waals surface area contributed by atoms with Crippen molar-refractivity contribution in [1.82, 2.24) is 0 Å². The van der Waals surface area contributed by atoms with Crippen molar-refractivity contribution < 1.29 is 48.0 Å². The van der Waals surface area contributed by atoms with Gasteiger partial charge in [-0.05, 0) is 33.3 Å². The first-order chi connectivity index (χ1) is 14.3. The minimum absolute atomic E-state index is 0.0775. The molecule has 0 saturated carbocycles. The van der Waals surface area contributed by atoms with Gasteiger partial charge in [0.05, 0.1) is 37.9 Å². The maximum Gasteiger partial charge on any atom is 0.342 e. The van der Waals surface area contributed by atoms with Crippen molar-refractivity contribution in [2.45, 2.75) is 27.7 Å². The van der Waals surface area contributed by atoms with Gasteiger partial charge >= 0.3 is 23.9 Å². The van der Waals surface area contributed by atoms with E-state index >= 15 is 0 Å². The number of ether oxygens (including phenoxy) is 4. The molecule has 0 spiro atoms. The summed E-state index contributed by atoms with van der Waals surface area (Å²) in [6, 6.07) is 0. The average molecular weight is 423 g/mol. The minimum atomic E-state index is -1.66. The molecule has 30 heavy (non-hydrogen) atoms. The normalized spacial score (nSPS) is 22.7. The minimum Gasteiger partial charge on any atom is -0.874 e. The lowest BCUT2D eigenvalue weighted by Gasteiger charge is -2.25. The lowest BCUT2D eigenvalue weighted by Crippen LogP contribution is -2.38. The summed E-state index contributed by atoms with van der Waals surface area (Å²) in [5.74, 6) is -10.9. The summed E-state index contributed by atoms with van der Waals surface area (Å²) in [6.45, 7) is 5.68. The molecule has 2 aliphatic carbocycles. The average Bonchev–Trinajstić information content (AvgIpc) is 3.11. The van der Waals surface area contributed by atoms with E-state index in [0.717, 1.165) is 0 Å². The molecule has 0 aromatic rings. The number of fused-ring (bicyclic) bond motifs is 1. The van der Waals surface area contributed by atoms with E-state index < -0.39 is 64.3 Å². The number of ketones is 1. The van der Waals surface area contributed by atoms with Crippen molar-refractivity contribution in [1.29, 1.82) is 0 Å². The molecule has 10 heteroatoms. The molecule has 0 N–H and O–H groups in total. The predicted octanol–water partition coefficient (Wildman–Crippen LogP) is -0.405. The monoisotopic (exact) mass is 423 g/mol. The first-order valence-electron chi connectivity index (χ1n) is 9.63. The van der Waals surface area contributed by atoms with Crippen molar-refractivity contribution in [3.8, 4) is 0 Å². The quantitative estimate of drug-likeness (QED) is 0.219. The van der Waals surface area contributed by atoms with Gasteiger partial charge in [-0.25, -0.2) is 9.59 Å². The zero-order valence-corrected chi connectivity index (χ0v) is 17.1. The van der Waals surface area contributed by atoms with E-state index in [4.69, 9.17) is 18.9 Å². The Morgan fingerprint density at radius 2 is 1.17 bits per heavy atom. The van der Waals surface area contributed by atoms with E-state index in [-0.39, 0.29) is 32.0 Å². The van der Waals surface area contributed by atoms with Crippen LogP contribution < -0.4 is 5.11 Å². The van der Waals surface area contributed by atoms with E-state index in [0.29, 0.717) is 0 Å². The van der Waals surface area contributed by atoms with Crippen LogP contribution in [-0.2, 0) is 42.9 Å². The van der Waals surface area contributed by atoms with Crippen LogP contribution >= 0.6 is 0 Å². The number of rotatable bonds is 8. The van der Waals surface area contributed by atoms with Gasteiger partial charge in [0.15, 0.2) is 5.78 Å². The van der Waals surface area contributed by atoms with Crippen LogP contribution in [0.2, 0.25) is 0 Å². The van der Waals surface area contributed by atoms with Crippen molar-refractivity contribution >= 4 is 29.7 Å². The Kier molecular flexibility index (Phi) is 7.36. The van der Waals surface area contributed by atoms with Gasteiger partial charge in [-0.15, -0.1) is 5.76 Å². The molecule has 0 aromatic carbocycles. The third-order valence-corrected chi connectivity index (χ3v) is 4.69. The molecule has 0 radical (unpaired) electrons. The van der Waals surface area contributed by atoms with Crippen LogP contribution in [0.4, 0.5) is 0 Å². The molecule has 2 aliphatic rings. The number of hydrogen-bond acceptors (Lipinski definition) is 10. The number of hydrogen-bond donors (Lipinski definition) is 0. The molecular formula is C20H23O10-. The highest BCUT2D eigenvalue weighted by Crippen LogP contribution is 2.51. The molecular weight excluding hydrogens is 400 g/mol. The smallest absolute Gasteiger partial charge is 0.342 e. The Morgan fingerprint density at radius 3 is 1.63 bits per heavy atom. The van der Waals surface area contributed by atoms with E-state index in [2.05, 4.69) is 0 Å². The molecule has 0 heterocycles. The van der Waals surface area contributed by atoms with Crippen LogP contribution in [0.5, 0.6) is 0 Å². The molecule has 0 fully saturated rings. The van der Waals surface area contributed by atoms with Crippen molar-refractivity contribution in [3.05, 3.63) is 22.5 Å². The van der Waals surface area contributed by atoms with Gasteiger partial charge in [-0.2, -0.15) is 0 Å². The van der Waals surface area contributed by atoms with Gasteiger partial charge in [-0.3, -0.25) is 14.4 Å². The Morgan fingerprint density at radius 1 is 0.733 bits per heavy atom. The highest BCUT2D eigenvalue weighted by Gasteiger charge is 2.59. The van der Waals surface area contributed by atoms with Gasteiger partial charge in [0.1, 0.15) is 11.5 Å². The van der Waals surface area contributed by atoms with E-state index in [1.807, 2.05) is 0 Å². The van der Waals surface area contributed by atoms with Crippen LogP contribution in [-0.4, -0.2) is 56.1 Å². The molecule has 0 amide bonds. The van der Waals surface area contributed by atoms with Crippen molar-refractivity contribution in [2.24, 2.45) is 17.8 Å². The Bertz CT molecular complexity index is 835. The van der Waals surface area contributed by atoms with Crippen molar-refractivity contribution in [3.63, 3.8) is 0 Å². The zero-order chi connectivity index (χ0) is 22.6. The topological polar surface area (TPSA) is 145 Å². The highest BCUT2D eigenvalue weighted by molar-refractivity contribution is 6.27. The summed E-state index contributed by atoms with van der Waals surface area (Å²) >= 11 is 0. The van der Waals surface area contributed by atoms with Gasteiger partial charge in [0.2, 0.25) is 0 Å². The fraction of sp³-hybridized carbons (Fsp3) is 0.550. The van der Waals surface area contributed by atoms with E-state index in [1.165, 1.54) is 27.7 Å². The Balaban J connectivity index is 2.76. The lowest BCUT2D eigenvalue weighted by molar-refractivity contribution is -0.315. The summed E-state index contributed by atoms with van der Waals surface area (Å²) in [6.07, 6.45) is 0. The molecule has 0 aliphatic heterocycles. The molecule has 2 rings (SSSR count). The molecule has 3 unspecified atom stereocenters. The third-order valence-electron chi connectivity index (χ3n) is 4.69. The summed E-state index contributed by atoms with van der Waals surface area (Å²) in [7, 11) is 0. The van der Waals surface area contributed by atoms with Gasteiger partial charge in [0, 0.05) is 5.92 Å². The van der Waals surface area contributed by atoms with Crippen LogP contribution in [0.25, 0.3) is 0 Å². The molecule has 0 bridgehead atoms. The molecule has 164 valence electrons. The van der Waals surface area contributed by atoms with Gasteiger partial charge < -0.3 is 24.1 Å². The van der Waals surface area contributed by atoms with Crippen molar-refractivity contribution in [2.75, 3.05) is 26.4 Å². The van der Waals surface area contributed by atoms with E-state index in [1.54, 1.807) is 0 Å². The molecule has 0 saturated heterocycles. The number of carbonyl (C=O) groups excluding carboxylic acids is 5. The summed E-state index contributed by atoms with van der Waals surface area (Å²) in [5.41, 5.74) is -1.57.